The molecule has 0 bridgehead atoms. The van der Waals surface area contributed by atoms with E-state index in [1.165, 1.54) is 0 Å². The van der Waals surface area contributed by atoms with Crippen molar-refractivity contribution in [3.8, 4) is 0 Å². The van der Waals surface area contributed by atoms with Crippen LogP contribution in [-0.2, 0) is 20.9 Å². The summed E-state index contributed by atoms with van der Waals surface area (Å²) in [6.07, 6.45) is 1.66. The maximum Gasteiger partial charge on any atom is 0.306 e. The van der Waals surface area contributed by atoms with E-state index in [9.17, 15) is 9.59 Å². The van der Waals surface area contributed by atoms with Crippen molar-refractivity contribution in [3.05, 3.63) is 71.8 Å². The lowest BCUT2D eigenvalue weighted by Gasteiger charge is -2.10. The van der Waals surface area contributed by atoms with Gasteiger partial charge in [0.05, 0.1) is 5.92 Å². The van der Waals surface area contributed by atoms with Gasteiger partial charge >= 0.3 is 5.97 Å². The van der Waals surface area contributed by atoms with Gasteiger partial charge in [0.2, 0.25) is 5.91 Å². The van der Waals surface area contributed by atoms with Crippen LogP contribution >= 0.6 is 0 Å². The Kier molecular flexibility index (Phi) is 5.26. The highest BCUT2D eigenvalue weighted by Crippen LogP contribution is 2.28. The first-order valence-electron chi connectivity index (χ1n) is 8.27. The third kappa shape index (κ3) is 4.22. The molecule has 2 atom stereocenters. The number of ether oxygens (including phenoxy) is 1. The molecule has 1 saturated heterocycles. The second-order valence-electron chi connectivity index (χ2n) is 6.09. The van der Waals surface area contributed by atoms with E-state index < -0.39 is 0 Å². The summed E-state index contributed by atoms with van der Waals surface area (Å²) in [4.78, 5) is 24.0. The van der Waals surface area contributed by atoms with Gasteiger partial charge in [-0.15, -0.1) is 0 Å². The predicted octanol–water partition coefficient (Wildman–Crippen LogP) is 3.18. The highest BCUT2D eigenvalue weighted by molar-refractivity contribution is 5.86. The zero-order valence-electron chi connectivity index (χ0n) is 13.5. The first kappa shape index (κ1) is 16.2. The molecule has 1 fully saturated rings. The summed E-state index contributed by atoms with van der Waals surface area (Å²) in [5.74, 6) is -0.295. The first-order valence-corrected chi connectivity index (χ1v) is 8.27. The van der Waals surface area contributed by atoms with Crippen molar-refractivity contribution in [2.75, 3.05) is 0 Å². The number of amides is 1. The van der Waals surface area contributed by atoms with Gasteiger partial charge in [-0.1, -0.05) is 60.7 Å². The molecule has 0 saturated carbocycles. The number of hydrogen-bond donors (Lipinski definition) is 1. The highest BCUT2D eigenvalue weighted by atomic mass is 16.5. The molecular weight excluding hydrogens is 302 g/mol. The van der Waals surface area contributed by atoms with Gasteiger partial charge in [0.1, 0.15) is 6.61 Å². The van der Waals surface area contributed by atoms with Crippen molar-refractivity contribution in [2.45, 2.75) is 37.8 Å². The van der Waals surface area contributed by atoms with Gasteiger partial charge in [0.25, 0.3) is 0 Å². The van der Waals surface area contributed by atoms with Crippen LogP contribution in [0.2, 0.25) is 0 Å². The SMILES string of the molecule is O=C(CCC1CC(c2ccccc2)C(=O)N1)OCc1ccccc1. The van der Waals surface area contributed by atoms with Crippen LogP contribution in [0, 0.1) is 0 Å². The molecule has 4 heteroatoms. The molecule has 1 N–H and O–H groups in total. The van der Waals surface area contributed by atoms with Crippen molar-refractivity contribution >= 4 is 11.9 Å². The van der Waals surface area contributed by atoms with Crippen molar-refractivity contribution in [2.24, 2.45) is 0 Å². The van der Waals surface area contributed by atoms with Gasteiger partial charge < -0.3 is 10.1 Å². The molecule has 1 amide bonds. The molecule has 0 spiro atoms. The fourth-order valence-electron chi connectivity index (χ4n) is 3.02. The van der Waals surface area contributed by atoms with Gasteiger partial charge in [-0.25, -0.2) is 0 Å². The zero-order chi connectivity index (χ0) is 16.8. The van der Waals surface area contributed by atoms with Crippen LogP contribution in [0.15, 0.2) is 60.7 Å². The van der Waals surface area contributed by atoms with E-state index in [2.05, 4.69) is 5.32 Å². The molecule has 1 heterocycles. The van der Waals surface area contributed by atoms with Gasteiger partial charge in [-0.05, 0) is 24.0 Å². The molecule has 0 aliphatic carbocycles. The lowest BCUT2D eigenvalue weighted by atomic mass is 9.94. The second-order valence-corrected chi connectivity index (χ2v) is 6.09. The predicted molar refractivity (Wildman–Crippen MR) is 91.2 cm³/mol. The second kappa shape index (κ2) is 7.77. The summed E-state index contributed by atoms with van der Waals surface area (Å²) in [5, 5.41) is 2.98. The quantitative estimate of drug-likeness (QED) is 0.831. The number of nitrogens with one attached hydrogen (secondary N) is 1. The Hall–Kier alpha value is -2.62. The Morgan fingerprint density at radius 1 is 1.04 bits per heavy atom. The average molecular weight is 323 g/mol. The summed E-state index contributed by atoms with van der Waals surface area (Å²) < 4.78 is 5.27. The van der Waals surface area contributed by atoms with Gasteiger partial charge in [0.15, 0.2) is 0 Å². The molecule has 1 aliphatic rings. The van der Waals surface area contributed by atoms with Crippen LogP contribution in [-0.4, -0.2) is 17.9 Å². The Balaban J connectivity index is 1.44. The van der Waals surface area contributed by atoms with E-state index in [4.69, 9.17) is 4.74 Å². The van der Waals surface area contributed by atoms with Crippen LogP contribution in [0.4, 0.5) is 0 Å². The number of esters is 1. The smallest absolute Gasteiger partial charge is 0.306 e. The summed E-state index contributed by atoms with van der Waals surface area (Å²) >= 11 is 0. The normalized spacial score (nSPS) is 19.8. The third-order valence-corrected chi connectivity index (χ3v) is 4.32. The molecule has 1 aliphatic heterocycles. The first-order chi connectivity index (χ1) is 11.7. The summed E-state index contributed by atoms with van der Waals surface area (Å²) in [6.45, 7) is 0.295. The third-order valence-electron chi connectivity index (χ3n) is 4.32. The standard InChI is InChI=1S/C20H21NO3/c22-19(24-14-15-7-3-1-4-8-15)12-11-17-13-18(20(23)21-17)16-9-5-2-6-10-16/h1-10,17-18H,11-14H2,(H,21,23). The Labute approximate surface area is 141 Å². The molecule has 3 rings (SSSR count). The lowest BCUT2D eigenvalue weighted by Crippen LogP contribution is -2.26. The van der Waals surface area contributed by atoms with Crippen molar-refractivity contribution < 1.29 is 14.3 Å². The molecule has 2 unspecified atom stereocenters. The molecule has 2 aromatic carbocycles. The largest absolute Gasteiger partial charge is 0.461 e. The number of rotatable bonds is 6. The monoisotopic (exact) mass is 323 g/mol. The van der Waals surface area contributed by atoms with E-state index >= 15 is 0 Å². The average Bonchev–Trinajstić information content (AvgIpc) is 3.00. The molecular formula is C20H21NO3. The number of carbonyl (C=O) groups is 2. The van der Waals surface area contributed by atoms with E-state index in [1.54, 1.807) is 0 Å². The van der Waals surface area contributed by atoms with Gasteiger partial charge in [0, 0.05) is 12.5 Å². The van der Waals surface area contributed by atoms with Crippen molar-refractivity contribution in [1.29, 1.82) is 0 Å². The van der Waals surface area contributed by atoms with Crippen molar-refractivity contribution in [3.63, 3.8) is 0 Å². The van der Waals surface area contributed by atoms with Crippen molar-refractivity contribution in [1.82, 2.24) is 5.32 Å². The fraction of sp³-hybridized carbons (Fsp3) is 0.300. The minimum absolute atomic E-state index is 0.0342. The Bertz CT molecular complexity index is 685. The molecule has 0 aromatic heterocycles. The van der Waals surface area contributed by atoms with E-state index in [1.807, 2.05) is 60.7 Å². The van der Waals surface area contributed by atoms with Crippen LogP contribution in [0.5, 0.6) is 0 Å². The van der Waals surface area contributed by atoms with Gasteiger partial charge in [-0.3, -0.25) is 9.59 Å². The minimum Gasteiger partial charge on any atom is -0.461 e. The van der Waals surface area contributed by atoms with Crippen LogP contribution in [0.1, 0.15) is 36.3 Å². The van der Waals surface area contributed by atoms with Crippen LogP contribution in [0.25, 0.3) is 0 Å². The summed E-state index contributed by atoms with van der Waals surface area (Å²) in [6, 6.07) is 19.4. The maximum absolute atomic E-state index is 12.1. The number of carbonyl (C=O) groups excluding carboxylic acids is 2. The Morgan fingerprint density at radius 3 is 2.42 bits per heavy atom. The highest BCUT2D eigenvalue weighted by Gasteiger charge is 2.32. The maximum atomic E-state index is 12.1. The van der Waals surface area contributed by atoms with E-state index in [0.29, 0.717) is 19.4 Å². The topological polar surface area (TPSA) is 55.4 Å². The fourth-order valence-corrected chi connectivity index (χ4v) is 3.02. The molecule has 0 radical (unpaired) electrons. The number of hydrogen-bond acceptors (Lipinski definition) is 3. The minimum atomic E-state index is -0.226. The lowest BCUT2D eigenvalue weighted by molar-refractivity contribution is -0.145. The molecule has 4 nitrogen and oxygen atoms in total. The van der Waals surface area contributed by atoms with E-state index in [-0.39, 0.29) is 23.8 Å². The van der Waals surface area contributed by atoms with E-state index in [0.717, 1.165) is 17.5 Å². The molecule has 124 valence electrons. The summed E-state index contributed by atoms with van der Waals surface area (Å²) in [5.41, 5.74) is 2.01. The Morgan fingerprint density at radius 2 is 1.71 bits per heavy atom. The molecule has 24 heavy (non-hydrogen) atoms. The summed E-state index contributed by atoms with van der Waals surface area (Å²) in [7, 11) is 0. The number of benzene rings is 2. The van der Waals surface area contributed by atoms with Crippen LogP contribution in [0.3, 0.4) is 0 Å². The zero-order valence-corrected chi connectivity index (χ0v) is 13.5. The van der Waals surface area contributed by atoms with Gasteiger partial charge in [-0.2, -0.15) is 0 Å². The van der Waals surface area contributed by atoms with Crippen LogP contribution < -0.4 is 5.32 Å². The molecule has 2 aromatic rings.